The smallest absolute Gasteiger partial charge is 0.123 e. The van der Waals surface area contributed by atoms with Crippen molar-refractivity contribution in [1.82, 2.24) is 0 Å². The first-order valence-electron chi connectivity index (χ1n) is 4.01. The predicted octanol–water partition coefficient (Wildman–Crippen LogP) is 1.31. The summed E-state index contributed by atoms with van der Waals surface area (Å²) in [6.45, 7) is 2.06. The van der Waals surface area contributed by atoms with Crippen molar-refractivity contribution in [3.8, 4) is 5.75 Å². The molecule has 0 saturated carbocycles. The van der Waals surface area contributed by atoms with Crippen LogP contribution in [0.25, 0.3) is 0 Å². The summed E-state index contributed by atoms with van der Waals surface area (Å²) in [4.78, 5) is 0. The zero-order valence-corrected chi connectivity index (χ0v) is 8.17. The molecule has 72 valence electrons. The van der Waals surface area contributed by atoms with Crippen LogP contribution in [-0.2, 0) is 0 Å². The van der Waals surface area contributed by atoms with E-state index in [1.54, 1.807) is 19.1 Å². The maximum Gasteiger partial charge on any atom is 0.123 e. The molecule has 1 rings (SSSR count). The summed E-state index contributed by atoms with van der Waals surface area (Å²) >= 11 is 5.82. The molecule has 0 saturated heterocycles. The quantitative estimate of drug-likeness (QED) is 0.674. The highest BCUT2D eigenvalue weighted by molar-refractivity contribution is 6.30. The number of hydrogen-bond acceptors (Lipinski definition) is 3. The van der Waals surface area contributed by atoms with Gasteiger partial charge in [0, 0.05) is 23.2 Å². The molecule has 4 heteroatoms. The first-order chi connectivity index (χ1) is 6.06. The lowest BCUT2D eigenvalue weighted by Gasteiger charge is -2.13. The van der Waals surface area contributed by atoms with Crippen LogP contribution in [0.4, 0.5) is 0 Å². The van der Waals surface area contributed by atoms with Gasteiger partial charge in [0.05, 0.1) is 0 Å². The Balaban J connectivity index is 3.20. The monoisotopic (exact) mass is 200 g/mol. The van der Waals surface area contributed by atoms with Crippen LogP contribution in [0.5, 0.6) is 5.75 Å². The standard InChI is InChI=1S/C9H13ClN2O/c1-5-2-6(10)3-7(9(5)13)8(12)4-11/h2-3,8,13H,4,11-12H2,1H3/t8-/m0/s1. The fourth-order valence-electron chi connectivity index (χ4n) is 1.17. The van der Waals surface area contributed by atoms with Crippen molar-refractivity contribution >= 4 is 11.6 Å². The minimum Gasteiger partial charge on any atom is -0.507 e. The van der Waals surface area contributed by atoms with Crippen LogP contribution in [-0.4, -0.2) is 11.7 Å². The number of phenolic OH excluding ortho intramolecular Hbond substituents is 1. The van der Waals surface area contributed by atoms with E-state index in [0.29, 0.717) is 16.1 Å². The van der Waals surface area contributed by atoms with E-state index in [1.807, 2.05) is 0 Å². The Bertz CT molecular complexity index is 315. The SMILES string of the molecule is Cc1cc(Cl)cc([C@@H](N)CN)c1O. The molecule has 0 bridgehead atoms. The van der Waals surface area contributed by atoms with Gasteiger partial charge in [0.1, 0.15) is 5.75 Å². The van der Waals surface area contributed by atoms with E-state index in [4.69, 9.17) is 23.1 Å². The maximum atomic E-state index is 9.63. The maximum absolute atomic E-state index is 9.63. The van der Waals surface area contributed by atoms with Crippen LogP contribution in [0.1, 0.15) is 17.2 Å². The molecule has 1 aromatic rings. The number of rotatable bonds is 2. The van der Waals surface area contributed by atoms with Gasteiger partial charge in [-0.25, -0.2) is 0 Å². The topological polar surface area (TPSA) is 72.3 Å². The van der Waals surface area contributed by atoms with Gasteiger partial charge >= 0.3 is 0 Å². The zero-order valence-electron chi connectivity index (χ0n) is 7.42. The van der Waals surface area contributed by atoms with Crippen LogP contribution in [0.15, 0.2) is 12.1 Å². The second kappa shape index (κ2) is 3.96. The third kappa shape index (κ3) is 2.12. The van der Waals surface area contributed by atoms with E-state index < -0.39 is 0 Å². The second-order valence-electron chi connectivity index (χ2n) is 3.00. The van der Waals surface area contributed by atoms with Crippen LogP contribution >= 0.6 is 11.6 Å². The van der Waals surface area contributed by atoms with Gasteiger partial charge in [0.2, 0.25) is 0 Å². The van der Waals surface area contributed by atoms with E-state index in [2.05, 4.69) is 0 Å². The molecule has 1 atom stereocenters. The number of benzene rings is 1. The number of halogens is 1. The number of hydrogen-bond donors (Lipinski definition) is 3. The van der Waals surface area contributed by atoms with Crippen molar-refractivity contribution in [1.29, 1.82) is 0 Å². The van der Waals surface area contributed by atoms with Gasteiger partial charge in [0.25, 0.3) is 0 Å². The van der Waals surface area contributed by atoms with Crippen molar-refractivity contribution in [2.24, 2.45) is 11.5 Å². The zero-order chi connectivity index (χ0) is 10.0. The lowest BCUT2D eigenvalue weighted by molar-refractivity contribution is 0.458. The summed E-state index contributed by atoms with van der Waals surface area (Å²) in [6, 6.07) is 2.96. The average Bonchev–Trinajstić information content (AvgIpc) is 2.10. The van der Waals surface area contributed by atoms with Gasteiger partial charge in [0.15, 0.2) is 0 Å². The summed E-state index contributed by atoms with van der Waals surface area (Å²) in [5.41, 5.74) is 12.4. The summed E-state index contributed by atoms with van der Waals surface area (Å²) in [5.74, 6) is 0.183. The van der Waals surface area contributed by atoms with Crippen molar-refractivity contribution in [2.75, 3.05) is 6.54 Å². The Morgan fingerprint density at radius 2 is 2.15 bits per heavy atom. The van der Waals surface area contributed by atoms with Gasteiger partial charge in [-0.05, 0) is 24.6 Å². The third-order valence-corrected chi connectivity index (χ3v) is 2.17. The molecule has 0 spiro atoms. The molecular weight excluding hydrogens is 188 g/mol. The molecule has 1 aromatic carbocycles. The summed E-state index contributed by atoms with van der Waals surface area (Å²) < 4.78 is 0. The van der Waals surface area contributed by atoms with Gasteiger partial charge in [-0.15, -0.1) is 0 Å². The highest BCUT2D eigenvalue weighted by Gasteiger charge is 2.11. The molecular formula is C9H13ClN2O. The Morgan fingerprint density at radius 1 is 1.54 bits per heavy atom. The molecule has 3 nitrogen and oxygen atoms in total. The second-order valence-corrected chi connectivity index (χ2v) is 3.44. The van der Waals surface area contributed by atoms with Gasteiger partial charge in [-0.2, -0.15) is 0 Å². The molecule has 5 N–H and O–H groups in total. The number of nitrogens with two attached hydrogens (primary N) is 2. The first kappa shape index (κ1) is 10.3. The molecule has 0 aliphatic heterocycles. The lowest BCUT2D eigenvalue weighted by atomic mass is 10.0. The average molecular weight is 201 g/mol. The molecule has 0 fully saturated rings. The predicted molar refractivity (Wildman–Crippen MR) is 53.8 cm³/mol. The van der Waals surface area contributed by atoms with E-state index in [0.717, 1.165) is 0 Å². The van der Waals surface area contributed by atoms with Crippen LogP contribution in [0.2, 0.25) is 5.02 Å². The largest absolute Gasteiger partial charge is 0.507 e. The summed E-state index contributed by atoms with van der Waals surface area (Å²) in [5, 5.41) is 10.2. The number of aryl methyl sites for hydroxylation is 1. The van der Waals surface area contributed by atoms with Gasteiger partial charge < -0.3 is 16.6 Å². The Labute approximate surface area is 82.3 Å². The van der Waals surface area contributed by atoms with Crippen molar-refractivity contribution in [3.63, 3.8) is 0 Å². The molecule has 0 amide bonds. The van der Waals surface area contributed by atoms with Crippen LogP contribution in [0, 0.1) is 6.92 Å². The van der Waals surface area contributed by atoms with E-state index in [1.165, 1.54) is 0 Å². The minimum absolute atomic E-state index is 0.183. The summed E-state index contributed by atoms with van der Waals surface area (Å²) in [7, 11) is 0. The van der Waals surface area contributed by atoms with E-state index in [9.17, 15) is 5.11 Å². The Morgan fingerprint density at radius 3 is 2.69 bits per heavy atom. The number of aromatic hydroxyl groups is 1. The molecule has 0 aliphatic carbocycles. The highest BCUT2D eigenvalue weighted by Crippen LogP contribution is 2.29. The number of phenols is 1. The Kier molecular flexibility index (Phi) is 3.14. The van der Waals surface area contributed by atoms with E-state index >= 15 is 0 Å². The first-order valence-corrected chi connectivity index (χ1v) is 4.38. The molecule has 0 unspecified atom stereocenters. The normalized spacial score (nSPS) is 12.9. The van der Waals surface area contributed by atoms with Crippen LogP contribution in [0.3, 0.4) is 0 Å². The van der Waals surface area contributed by atoms with Gasteiger partial charge in [-0.1, -0.05) is 11.6 Å². The van der Waals surface area contributed by atoms with Crippen molar-refractivity contribution in [3.05, 3.63) is 28.3 Å². The fourth-order valence-corrected chi connectivity index (χ4v) is 1.45. The fraction of sp³-hybridized carbons (Fsp3) is 0.333. The van der Waals surface area contributed by atoms with Crippen molar-refractivity contribution in [2.45, 2.75) is 13.0 Å². The summed E-state index contributed by atoms with van der Waals surface area (Å²) in [6.07, 6.45) is 0. The molecule has 0 aromatic heterocycles. The van der Waals surface area contributed by atoms with Crippen LogP contribution < -0.4 is 11.5 Å². The molecule has 13 heavy (non-hydrogen) atoms. The highest BCUT2D eigenvalue weighted by atomic mass is 35.5. The van der Waals surface area contributed by atoms with Gasteiger partial charge in [-0.3, -0.25) is 0 Å². The Hall–Kier alpha value is -0.770. The lowest BCUT2D eigenvalue weighted by Crippen LogP contribution is -2.20. The van der Waals surface area contributed by atoms with E-state index in [-0.39, 0.29) is 18.3 Å². The molecule has 0 radical (unpaired) electrons. The molecule has 0 heterocycles. The van der Waals surface area contributed by atoms with Crippen molar-refractivity contribution < 1.29 is 5.11 Å². The molecule has 0 aliphatic rings. The third-order valence-electron chi connectivity index (χ3n) is 1.95. The minimum atomic E-state index is -0.364.